The summed E-state index contributed by atoms with van der Waals surface area (Å²) in [6.45, 7) is 1.76. The average Bonchev–Trinajstić information content (AvgIpc) is 2.04. The fraction of sp³-hybridized carbons (Fsp3) is 0.857. The second kappa shape index (κ2) is 7.28. The lowest BCUT2D eigenvalue weighted by atomic mass is 10.1. The second-order valence-electron chi connectivity index (χ2n) is 2.75. The van der Waals surface area contributed by atoms with Crippen LogP contribution in [0.15, 0.2) is 0 Å². The van der Waals surface area contributed by atoms with Gasteiger partial charge in [0, 0.05) is 19.6 Å². The first-order chi connectivity index (χ1) is 6.10. The number of ketones is 1. The van der Waals surface area contributed by atoms with Crippen molar-refractivity contribution in [3.05, 3.63) is 0 Å². The summed E-state index contributed by atoms with van der Waals surface area (Å²) in [6.07, 6.45) is -0.784. The van der Waals surface area contributed by atoms with Gasteiger partial charge in [0.2, 0.25) is 0 Å². The summed E-state index contributed by atoms with van der Waals surface area (Å²) in [6, 6.07) is -0.119. The number of aliphatic hydroxyl groups is 1. The van der Waals surface area contributed by atoms with Crippen LogP contribution >= 0.6 is 12.2 Å². The lowest BCUT2D eigenvalue weighted by molar-refractivity contribution is -0.131. The molecule has 3 N–H and O–H groups in total. The van der Waals surface area contributed by atoms with Crippen LogP contribution in [0.5, 0.6) is 0 Å². The number of hydrogen-bond donors (Lipinski definition) is 3. The Morgan fingerprint density at radius 2 is 2.23 bits per heavy atom. The zero-order valence-corrected chi connectivity index (χ0v) is 8.50. The smallest absolute Gasteiger partial charge is 0.161 e. The maximum absolute atomic E-state index is 11.1. The van der Waals surface area contributed by atoms with Crippen LogP contribution in [-0.4, -0.2) is 34.9 Å². The van der Waals surface area contributed by atoms with Crippen molar-refractivity contribution in [2.24, 2.45) is 0 Å². The van der Waals surface area contributed by atoms with Gasteiger partial charge in [-0.1, -0.05) is 0 Å². The molecule has 0 spiro atoms. The maximum atomic E-state index is 11.1. The summed E-state index contributed by atoms with van der Waals surface area (Å²) >= 11 is 0.480. The van der Waals surface area contributed by atoms with Crippen molar-refractivity contribution in [3.8, 4) is 0 Å². The fourth-order valence-corrected chi connectivity index (χ4v) is 1.10. The molecule has 0 aromatic rings. The first-order valence-electron chi connectivity index (χ1n) is 3.88. The minimum atomic E-state index is -1.03. The molecule has 13 heavy (non-hydrogen) atoms. The van der Waals surface area contributed by atoms with Crippen molar-refractivity contribution < 1.29 is 19.2 Å². The third-order valence-corrected chi connectivity index (χ3v) is 1.97. The molecule has 2 atom stereocenters. The van der Waals surface area contributed by atoms with Gasteiger partial charge in [-0.15, -0.1) is 0 Å². The van der Waals surface area contributed by atoms with E-state index in [4.69, 9.17) is 9.66 Å². The molecular formula is C7H15NO4S. The van der Waals surface area contributed by atoms with E-state index < -0.39 is 6.29 Å². The Hall–Kier alpha value is -0.140. The molecule has 0 saturated carbocycles. The van der Waals surface area contributed by atoms with Gasteiger partial charge >= 0.3 is 0 Å². The number of ether oxygens (including phenoxy) is 1. The highest BCUT2D eigenvalue weighted by Crippen LogP contribution is 2.02. The fourth-order valence-electron chi connectivity index (χ4n) is 0.835. The molecule has 0 fully saturated rings. The molecule has 0 radical (unpaired) electrons. The largest absolute Gasteiger partial charge is 0.368 e. The second-order valence-corrected chi connectivity index (χ2v) is 3.17. The van der Waals surface area contributed by atoms with Crippen LogP contribution in [-0.2, 0) is 9.53 Å². The van der Waals surface area contributed by atoms with Crippen molar-refractivity contribution in [1.82, 2.24) is 4.72 Å². The highest BCUT2D eigenvalue weighted by molar-refractivity contribution is 7.91. The topological polar surface area (TPSA) is 78.8 Å². The zero-order chi connectivity index (χ0) is 10.3. The summed E-state index contributed by atoms with van der Waals surface area (Å²) in [5.41, 5.74) is 0. The molecule has 78 valence electrons. The Morgan fingerprint density at radius 3 is 2.69 bits per heavy atom. The molecule has 0 aromatic heterocycles. The summed E-state index contributed by atoms with van der Waals surface area (Å²) in [7, 11) is 1.34. The van der Waals surface area contributed by atoms with Crippen molar-refractivity contribution in [2.45, 2.75) is 32.1 Å². The van der Waals surface area contributed by atoms with E-state index in [0.29, 0.717) is 12.2 Å². The Balaban J connectivity index is 3.61. The number of rotatable bonds is 7. The Morgan fingerprint density at radius 1 is 1.62 bits per heavy atom. The van der Waals surface area contributed by atoms with Gasteiger partial charge in [0.1, 0.15) is 5.78 Å². The van der Waals surface area contributed by atoms with Gasteiger partial charge in [-0.25, -0.2) is 4.72 Å². The lowest BCUT2D eigenvalue weighted by Gasteiger charge is -2.11. The summed E-state index contributed by atoms with van der Waals surface area (Å²) in [5.74, 6) is -0.108. The predicted molar refractivity (Wildman–Crippen MR) is 50.1 cm³/mol. The van der Waals surface area contributed by atoms with Crippen molar-refractivity contribution in [2.75, 3.05) is 7.11 Å². The van der Waals surface area contributed by atoms with Gasteiger partial charge in [-0.05, 0) is 6.92 Å². The van der Waals surface area contributed by atoms with E-state index in [0.717, 1.165) is 0 Å². The molecule has 5 nitrogen and oxygen atoms in total. The maximum Gasteiger partial charge on any atom is 0.161 e. The third kappa shape index (κ3) is 6.97. The van der Waals surface area contributed by atoms with Gasteiger partial charge in [0.05, 0.1) is 18.6 Å². The number of methoxy groups -OCH3 is 1. The molecule has 0 aliphatic rings. The molecule has 0 aliphatic heterocycles. The normalized spacial score (nSPS) is 15.4. The van der Waals surface area contributed by atoms with E-state index in [1.165, 1.54) is 7.11 Å². The molecule has 0 saturated heterocycles. The van der Waals surface area contributed by atoms with Crippen molar-refractivity contribution >= 4 is 18.0 Å². The van der Waals surface area contributed by atoms with Crippen LogP contribution in [0.3, 0.4) is 0 Å². The first kappa shape index (κ1) is 12.9. The minimum absolute atomic E-state index is 0.0153. The third-order valence-electron chi connectivity index (χ3n) is 1.46. The molecule has 6 heteroatoms. The van der Waals surface area contributed by atoms with Gasteiger partial charge in [0.15, 0.2) is 6.29 Å². The van der Waals surface area contributed by atoms with Crippen LogP contribution in [0.25, 0.3) is 0 Å². The van der Waals surface area contributed by atoms with Crippen molar-refractivity contribution in [3.63, 3.8) is 0 Å². The highest BCUT2D eigenvalue weighted by atomic mass is 32.2. The van der Waals surface area contributed by atoms with E-state index in [9.17, 15) is 4.79 Å². The van der Waals surface area contributed by atoms with Crippen LogP contribution in [0.1, 0.15) is 19.8 Å². The molecule has 0 amide bonds. The van der Waals surface area contributed by atoms with E-state index in [1.807, 2.05) is 0 Å². The number of carbonyl (C=O) groups excluding carboxylic acids is 1. The number of aliphatic hydroxyl groups excluding tert-OH is 1. The van der Waals surface area contributed by atoms with Gasteiger partial charge in [0.25, 0.3) is 0 Å². The van der Waals surface area contributed by atoms with Crippen LogP contribution in [0, 0.1) is 0 Å². The van der Waals surface area contributed by atoms with E-state index in [-0.39, 0.29) is 24.7 Å². The van der Waals surface area contributed by atoms with Gasteiger partial charge < -0.3 is 14.4 Å². The number of hydrogen-bond acceptors (Lipinski definition) is 6. The summed E-state index contributed by atoms with van der Waals surface area (Å²) in [5, 5.41) is 8.95. The summed E-state index contributed by atoms with van der Waals surface area (Å²) < 4.78 is 15.5. The SMILES string of the molecule is COC(O)CC(=O)CC(C)NSO. The zero-order valence-electron chi connectivity index (χ0n) is 7.69. The molecular weight excluding hydrogens is 194 g/mol. The van der Waals surface area contributed by atoms with Gasteiger partial charge in [-0.3, -0.25) is 4.79 Å². The number of carbonyl (C=O) groups is 1. The molecule has 0 heterocycles. The molecule has 0 rings (SSSR count). The van der Waals surface area contributed by atoms with Crippen LogP contribution in [0.4, 0.5) is 0 Å². The quantitative estimate of drug-likeness (QED) is 0.320. The molecule has 0 aromatic carbocycles. The standard InChI is InChI=1S/C7H15NO4S/c1-5(8-13-11)3-6(9)4-7(10)12-2/h5,7-8,10-11H,3-4H2,1-2H3. The first-order valence-corrected chi connectivity index (χ1v) is 4.66. The van der Waals surface area contributed by atoms with Crippen LogP contribution < -0.4 is 4.72 Å². The minimum Gasteiger partial charge on any atom is -0.368 e. The number of nitrogens with one attached hydrogen (secondary N) is 1. The molecule has 0 aliphatic carbocycles. The van der Waals surface area contributed by atoms with Crippen LogP contribution in [0.2, 0.25) is 0 Å². The van der Waals surface area contributed by atoms with Crippen molar-refractivity contribution in [1.29, 1.82) is 0 Å². The average molecular weight is 209 g/mol. The van der Waals surface area contributed by atoms with Gasteiger partial charge in [-0.2, -0.15) is 0 Å². The molecule has 2 unspecified atom stereocenters. The Bertz CT molecular complexity index is 155. The highest BCUT2D eigenvalue weighted by Gasteiger charge is 2.12. The Labute approximate surface area is 81.8 Å². The lowest BCUT2D eigenvalue weighted by Crippen LogP contribution is -2.25. The monoisotopic (exact) mass is 209 g/mol. The number of Topliss-reactive ketones (excluding diaryl/α,β-unsaturated/α-hetero) is 1. The molecule has 0 bridgehead atoms. The summed E-state index contributed by atoms with van der Waals surface area (Å²) in [4.78, 5) is 11.1. The van der Waals surface area contributed by atoms with E-state index in [2.05, 4.69) is 9.46 Å². The Kier molecular flexibility index (Phi) is 7.20. The van der Waals surface area contributed by atoms with E-state index >= 15 is 0 Å². The predicted octanol–water partition coefficient (Wildman–Crippen LogP) is 0.400. The van der Waals surface area contributed by atoms with E-state index in [1.54, 1.807) is 6.92 Å².